The second-order valence-corrected chi connectivity index (χ2v) is 5.28. The molecule has 0 aliphatic carbocycles. The molecule has 0 bridgehead atoms. The Labute approximate surface area is 104 Å². The predicted octanol–water partition coefficient (Wildman–Crippen LogP) is 1.38. The SMILES string of the molecule is CC1CCN(Cc2nccn2C)CCC(C)N1. The van der Waals surface area contributed by atoms with Crippen molar-refractivity contribution in [2.45, 2.75) is 45.3 Å². The summed E-state index contributed by atoms with van der Waals surface area (Å²) in [4.78, 5) is 6.93. The lowest BCUT2D eigenvalue weighted by molar-refractivity contribution is 0.206. The standard InChI is InChI=1S/C13H24N4/c1-11-4-7-17(8-5-12(2)15-11)10-13-14-6-9-16(13)3/h6,9,11-12,15H,4-5,7-8,10H2,1-3H3. The molecule has 1 aliphatic rings. The molecule has 17 heavy (non-hydrogen) atoms. The molecule has 0 spiro atoms. The molecule has 1 aromatic heterocycles. The molecule has 2 heterocycles. The summed E-state index contributed by atoms with van der Waals surface area (Å²) in [6.07, 6.45) is 6.34. The van der Waals surface area contributed by atoms with Crippen molar-refractivity contribution in [3.63, 3.8) is 0 Å². The summed E-state index contributed by atoms with van der Waals surface area (Å²) in [5.74, 6) is 1.17. The highest BCUT2D eigenvalue weighted by Gasteiger charge is 2.16. The van der Waals surface area contributed by atoms with Crippen molar-refractivity contribution < 1.29 is 0 Å². The Morgan fingerprint density at radius 1 is 1.29 bits per heavy atom. The van der Waals surface area contributed by atoms with Crippen molar-refractivity contribution in [3.8, 4) is 0 Å². The van der Waals surface area contributed by atoms with Gasteiger partial charge in [0.15, 0.2) is 0 Å². The lowest BCUT2D eigenvalue weighted by Gasteiger charge is -2.30. The third kappa shape index (κ3) is 3.54. The summed E-state index contributed by atoms with van der Waals surface area (Å²) >= 11 is 0. The molecule has 2 unspecified atom stereocenters. The first-order chi connectivity index (χ1) is 8.15. The minimum Gasteiger partial charge on any atom is -0.337 e. The number of nitrogens with zero attached hydrogens (tertiary/aromatic N) is 3. The van der Waals surface area contributed by atoms with Crippen LogP contribution in [0.15, 0.2) is 12.4 Å². The molecule has 4 nitrogen and oxygen atoms in total. The Balaban J connectivity index is 1.93. The maximum atomic E-state index is 4.41. The van der Waals surface area contributed by atoms with Crippen molar-refractivity contribution in [2.75, 3.05) is 13.1 Å². The van der Waals surface area contributed by atoms with E-state index in [1.807, 2.05) is 12.4 Å². The van der Waals surface area contributed by atoms with E-state index in [0.29, 0.717) is 12.1 Å². The van der Waals surface area contributed by atoms with E-state index in [0.717, 1.165) is 19.6 Å². The first-order valence-corrected chi connectivity index (χ1v) is 6.59. The van der Waals surface area contributed by atoms with Crippen LogP contribution in [0.5, 0.6) is 0 Å². The van der Waals surface area contributed by atoms with Crippen LogP contribution in [0.4, 0.5) is 0 Å². The summed E-state index contributed by atoms with van der Waals surface area (Å²) < 4.78 is 2.11. The number of aromatic nitrogens is 2. The van der Waals surface area contributed by atoms with Gasteiger partial charge < -0.3 is 9.88 Å². The maximum absolute atomic E-state index is 4.41. The molecule has 2 rings (SSSR count). The monoisotopic (exact) mass is 236 g/mol. The van der Waals surface area contributed by atoms with Crippen molar-refractivity contribution in [1.29, 1.82) is 0 Å². The zero-order valence-corrected chi connectivity index (χ0v) is 11.2. The van der Waals surface area contributed by atoms with E-state index in [1.165, 1.54) is 18.7 Å². The quantitative estimate of drug-likeness (QED) is 0.842. The number of rotatable bonds is 2. The fourth-order valence-electron chi connectivity index (χ4n) is 2.42. The molecule has 0 radical (unpaired) electrons. The molecule has 0 saturated carbocycles. The fourth-order valence-corrected chi connectivity index (χ4v) is 2.42. The van der Waals surface area contributed by atoms with Gasteiger partial charge in [0.25, 0.3) is 0 Å². The van der Waals surface area contributed by atoms with Gasteiger partial charge in [0, 0.05) is 44.6 Å². The van der Waals surface area contributed by atoms with E-state index in [1.54, 1.807) is 0 Å². The molecule has 1 N–H and O–H groups in total. The topological polar surface area (TPSA) is 33.1 Å². The Kier molecular flexibility index (Phi) is 4.18. The Morgan fingerprint density at radius 2 is 1.94 bits per heavy atom. The predicted molar refractivity (Wildman–Crippen MR) is 69.8 cm³/mol. The van der Waals surface area contributed by atoms with Gasteiger partial charge in [-0.15, -0.1) is 0 Å². The van der Waals surface area contributed by atoms with Crippen LogP contribution in [-0.2, 0) is 13.6 Å². The lowest BCUT2D eigenvalue weighted by Crippen LogP contribution is -2.42. The van der Waals surface area contributed by atoms with E-state index in [9.17, 15) is 0 Å². The van der Waals surface area contributed by atoms with Gasteiger partial charge in [0.2, 0.25) is 0 Å². The van der Waals surface area contributed by atoms with Crippen molar-refractivity contribution in [2.24, 2.45) is 7.05 Å². The molecule has 4 heteroatoms. The van der Waals surface area contributed by atoms with Gasteiger partial charge in [-0.3, -0.25) is 4.90 Å². The largest absolute Gasteiger partial charge is 0.337 e. The second-order valence-electron chi connectivity index (χ2n) is 5.28. The minimum absolute atomic E-state index is 0.620. The highest BCUT2D eigenvalue weighted by atomic mass is 15.2. The Bertz CT molecular complexity index is 335. The molecule has 1 fully saturated rings. The molecule has 0 amide bonds. The number of aryl methyl sites for hydroxylation is 1. The summed E-state index contributed by atoms with van der Waals surface area (Å²) in [5, 5.41) is 3.62. The van der Waals surface area contributed by atoms with Crippen LogP contribution in [-0.4, -0.2) is 39.6 Å². The summed E-state index contributed by atoms with van der Waals surface area (Å²) in [6.45, 7) is 7.85. The van der Waals surface area contributed by atoms with E-state index >= 15 is 0 Å². The van der Waals surface area contributed by atoms with Crippen LogP contribution in [0.25, 0.3) is 0 Å². The van der Waals surface area contributed by atoms with Crippen LogP contribution in [0.3, 0.4) is 0 Å². The van der Waals surface area contributed by atoms with E-state index < -0.39 is 0 Å². The number of imidazole rings is 1. The molecular formula is C13H24N4. The smallest absolute Gasteiger partial charge is 0.122 e. The summed E-state index contributed by atoms with van der Waals surface area (Å²) in [5.41, 5.74) is 0. The number of hydrogen-bond donors (Lipinski definition) is 1. The summed E-state index contributed by atoms with van der Waals surface area (Å²) in [6, 6.07) is 1.24. The van der Waals surface area contributed by atoms with E-state index in [-0.39, 0.29) is 0 Å². The highest BCUT2D eigenvalue weighted by molar-refractivity contribution is 4.91. The molecule has 0 aromatic carbocycles. The normalized spacial score (nSPS) is 27.7. The maximum Gasteiger partial charge on any atom is 0.122 e. The molecular weight excluding hydrogens is 212 g/mol. The van der Waals surface area contributed by atoms with Gasteiger partial charge >= 0.3 is 0 Å². The average molecular weight is 236 g/mol. The third-order valence-corrected chi connectivity index (χ3v) is 3.61. The second kappa shape index (κ2) is 5.65. The van der Waals surface area contributed by atoms with Gasteiger partial charge in [-0.05, 0) is 26.7 Å². The first-order valence-electron chi connectivity index (χ1n) is 6.59. The third-order valence-electron chi connectivity index (χ3n) is 3.61. The minimum atomic E-state index is 0.620. The Morgan fingerprint density at radius 3 is 2.47 bits per heavy atom. The van der Waals surface area contributed by atoms with Crippen LogP contribution >= 0.6 is 0 Å². The van der Waals surface area contributed by atoms with Crippen LogP contribution in [0, 0.1) is 0 Å². The number of hydrogen-bond acceptors (Lipinski definition) is 3. The van der Waals surface area contributed by atoms with Gasteiger partial charge in [0.1, 0.15) is 5.82 Å². The van der Waals surface area contributed by atoms with Crippen LogP contribution in [0.1, 0.15) is 32.5 Å². The fraction of sp³-hybridized carbons (Fsp3) is 0.769. The number of nitrogens with one attached hydrogen (secondary N) is 1. The van der Waals surface area contributed by atoms with Crippen LogP contribution in [0.2, 0.25) is 0 Å². The van der Waals surface area contributed by atoms with E-state index in [2.05, 4.69) is 40.7 Å². The van der Waals surface area contributed by atoms with Gasteiger partial charge in [0.05, 0.1) is 6.54 Å². The van der Waals surface area contributed by atoms with Crippen molar-refractivity contribution >= 4 is 0 Å². The van der Waals surface area contributed by atoms with Gasteiger partial charge in [-0.25, -0.2) is 4.98 Å². The average Bonchev–Trinajstić information content (AvgIpc) is 2.66. The molecule has 1 aromatic rings. The van der Waals surface area contributed by atoms with Gasteiger partial charge in [-0.1, -0.05) is 0 Å². The molecule has 1 aliphatic heterocycles. The lowest BCUT2D eigenvalue weighted by atomic mass is 10.1. The molecule has 96 valence electrons. The zero-order valence-electron chi connectivity index (χ0n) is 11.2. The van der Waals surface area contributed by atoms with E-state index in [4.69, 9.17) is 0 Å². The Hall–Kier alpha value is -0.870. The molecule has 2 atom stereocenters. The van der Waals surface area contributed by atoms with Crippen LogP contribution < -0.4 is 5.32 Å². The zero-order chi connectivity index (χ0) is 12.3. The first kappa shape index (κ1) is 12.6. The van der Waals surface area contributed by atoms with Gasteiger partial charge in [-0.2, -0.15) is 0 Å². The van der Waals surface area contributed by atoms with Crippen molar-refractivity contribution in [3.05, 3.63) is 18.2 Å². The van der Waals surface area contributed by atoms with Crippen molar-refractivity contribution in [1.82, 2.24) is 19.8 Å². The summed E-state index contributed by atoms with van der Waals surface area (Å²) in [7, 11) is 2.07. The molecule has 1 saturated heterocycles. The highest BCUT2D eigenvalue weighted by Crippen LogP contribution is 2.09.